The summed E-state index contributed by atoms with van der Waals surface area (Å²) in [6.45, 7) is 12.4. The lowest BCUT2D eigenvalue weighted by Crippen LogP contribution is -2.25. The molecule has 1 saturated heterocycles. The van der Waals surface area contributed by atoms with E-state index in [1.807, 2.05) is 24.3 Å². The van der Waals surface area contributed by atoms with Crippen LogP contribution in [0.1, 0.15) is 55.5 Å². The second-order valence-corrected chi connectivity index (χ2v) is 16.1. The number of hydrogen-bond donors (Lipinski definition) is 1. The summed E-state index contributed by atoms with van der Waals surface area (Å²) in [6.07, 6.45) is -0.581. The summed E-state index contributed by atoms with van der Waals surface area (Å²) < 4.78 is 26.7. The Morgan fingerprint density at radius 2 is 1.09 bits per heavy atom. The predicted octanol–water partition coefficient (Wildman–Crippen LogP) is 10.3. The summed E-state index contributed by atoms with van der Waals surface area (Å²) >= 11 is 14.7. The highest BCUT2D eigenvalue weighted by atomic mass is 79.9. The van der Waals surface area contributed by atoms with Crippen LogP contribution in [0.25, 0.3) is 0 Å². The molecule has 5 nitrogen and oxygen atoms in total. The lowest BCUT2D eigenvalue weighted by Gasteiger charge is -2.28. The molecule has 2 unspecified atom stereocenters. The first-order valence-corrected chi connectivity index (χ1v) is 18.3. The van der Waals surface area contributed by atoms with Crippen molar-refractivity contribution in [2.24, 2.45) is 0 Å². The molecule has 2 atom stereocenters. The molecule has 1 N–H and O–H groups in total. The molecule has 1 heterocycles. The number of hydrogen-bond acceptors (Lipinski definition) is 5. The fourth-order valence-corrected chi connectivity index (χ4v) is 7.71. The molecule has 5 rings (SSSR count). The van der Waals surface area contributed by atoms with Crippen molar-refractivity contribution in [2.45, 2.75) is 57.7 Å². The van der Waals surface area contributed by atoms with Crippen molar-refractivity contribution in [1.29, 1.82) is 0 Å². The molecule has 0 aromatic heterocycles. The molecule has 1 fully saturated rings. The number of aliphatic hydroxyl groups is 1. The van der Waals surface area contributed by atoms with Crippen molar-refractivity contribution in [3.63, 3.8) is 0 Å². The van der Waals surface area contributed by atoms with E-state index in [0.717, 1.165) is 46.9 Å². The third kappa shape index (κ3) is 8.39. The van der Waals surface area contributed by atoms with Gasteiger partial charge in [-0.2, -0.15) is 0 Å². The van der Waals surface area contributed by atoms with Crippen LogP contribution >= 0.6 is 63.7 Å². The lowest BCUT2D eigenvalue weighted by molar-refractivity contribution is 0.0621. The van der Waals surface area contributed by atoms with Crippen molar-refractivity contribution >= 4 is 63.7 Å². The first kappa shape index (κ1) is 35.4. The fraction of sp³-hybridized carbons (Fsp3) is 0.351. The number of benzene rings is 4. The minimum atomic E-state index is -0.819. The molecular weight excluding hydrogens is 844 g/mol. The fourth-order valence-electron chi connectivity index (χ4n) is 5.11. The number of halogens is 4. The predicted molar refractivity (Wildman–Crippen MR) is 198 cm³/mol. The highest BCUT2D eigenvalue weighted by Gasteiger charge is 2.28. The van der Waals surface area contributed by atoms with Crippen LogP contribution in [0.2, 0.25) is 0 Å². The molecule has 4 aromatic carbocycles. The van der Waals surface area contributed by atoms with Gasteiger partial charge in [0.2, 0.25) is 0 Å². The van der Waals surface area contributed by atoms with Gasteiger partial charge >= 0.3 is 0 Å². The van der Waals surface area contributed by atoms with Gasteiger partial charge in [-0.25, -0.2) is 0 Å². The van der Waals surface area contributed by atoms with Gasteiger partial charge < -0.3 is 24.1 Å². The van der Waals surface area contributed by atoms with Gasteiger partial charge in [-0.05, 0) is 115 Å². The van der Waals surface area contributed by atoms with E-state index in [1.54, 1.807) is 0 Å². The first-order valence-electron chi connectivity index (χ1n) is 15.1. The second-order valence-electron chi connectivity index (χ2n) is 12.7. The minimum Gasteiger partial charge on any atom is -0.491 e. The van der Waals surface area contributed by atoms with Crippen molar-refractivity contribution in [1.82, 2.24) is 0 Å². The molecule has 46 heavy (non-hydrogen) atoms. The Bertz CT molecular complexity index is 1620. The number of aliphatic hydroxyl groups excluding tert-OH is 1. The Morgan fingerprint density at radius 3 is 1.57 bits per heavy atom. The molecule has 0 bridgehead atoms. The van der Waals surface area contributed by atoms with Crippen LogP contribution in [0.3, 0.4) is 0 Å². The summed E-state index contributed by atoms with van der Waals surface area (Å²) in [5.41, 5.74) is 5.32. The maximum atomic E-state index is 10.7. The van der Waals surface area contributed by atoms with Crippen LogP contribution < -0.4 is 14.2 Å². The molecule has 0 spiro atoms. The van der Waals surface area contributed by atoms with Gasteiger partial charge in [-0.3, -0.25) is 0 Å². The summed E-state index contributed by atoms with van der Waals surface area (Å²) in [4.78, 5) is 0. The minimum absolute atomic E-state index is 0.0797. The SMILES string of the molecule is Cc1c(Br)cc(C(C)(C)c2cc(Br)c(OCC(O)COc3ccc(C(C)(C)c4ccc(OCC5CO5)cc4)cc3)c(Br)c2)cc1Br. The topological polar surface area (TPSA) is 60.5 Å². The number of rotatable bonds is 13. The molecule has 0 radical (unpaired) electrons. The molecule has 1 aliphatic rings. The van der Waals surface area contributed by atoms with E-state index >= 15 is 0 Å². The van der Waals surface area contributed by atoms with Gasteiger partial charge in [0.15, 0.2) is 0 Å². The van der Waals surface area contributed by atoms with E-state index in [4.69, 9.17) is 18.9 Å². The summed E-state index contributed by atoms with van der Waals surface area (Å²) in [5.74, 6) is 2.17. The lowest BCUT2D eigenvalue weighted by atomic mass is 9.78. The Balaban J connectivity index is 1.15. The van der Waals surface area contributed by atoms with Crippen molar-refractivity contribution in [2.75, 3.05) is 26.4 Å². The molecule has 4 aromatic rings. The van der Waals surface area contributed by atoms with Crippen molar-refractivity contribution in [3.05, 3.63) is 119 Å². The van der Waals surface area contributed by atoms with E-state index < -0.39 is 6.10 Å². The van der Waals surface area contributed by atoms with Crippen LogP contribution in [0.5, 0.6) is 17.2 Å². The quantitative estimate of drug-likeness (QED) is 0.136. The average molecular weight is 882 g/mol. The summed E-state index contributed by atoms with van der Waals surface area (Å²) in [5, 5.41) is 10.7. The van der Waals surface area contributed by atoms with Crippen molar-refractivity contribution in [3.8, 4) is 17.2 Å². The van der Waals surface area contributed by atoms with Gasteiger partial charge in [0.05, 0.1) is 15.6 Å². The smallest absolute Gasteiger partial charge is 0.147 e. The van der Waals surface area contributed by atoms with E-state index in [1.165, 1.54) is 11.1 Å². The summed E-state index contributed by atoms with van der Waals surface area (Å²) in [7, 11) is 0. The van der Waals surface area contributed by atoms with Crippen LogP contribution in [0.4, 0.5) is 0 Å². The maximum Gasteiger partial charge on any atom is 0.147 e. The van der Waals surface area contributed by atoms with E-state index in [-0.39, 0.29) is 30.1 Å². The Hall–Kier alpha value is -1.88. The molecule has 0 saturated carbocycles. The molecule has 9 heteroatoms. The maximum absolute atomic E-state index is 10.7. The largest absolute Gasteiger partial charge is 0.491 e. The average Bonchev–Trinajstić information content (AvgIpc) is 3.86. The molecule has 1 aliphatic heterocycles. The molecular formula is C37H38Br4O5. The van der Waals surface area contributed by atoms with Gasteiger partial charge in [-0.1, -0.05) is 83.8 Å². The third-order valence-corrected chi connectivity index (χ3v) is 11.4. The van der Waals surface area contributed by atoms with E-state index in [9.17, 15) is 5.11 Å². The van der Waals surface area contributed by atoms with Gasteiger partial charge in [0, 0.05) is 19.8 Å². The van der Waals surface area contributed by atoms with Crippen LogP contribution in [0, 0.1) is 6.92 Å². The highest BCUT2D eigenvalue weighted by Crippen LogP contribution is 2.42. The molecule has 244 valence electrons. The third-order valence-electron chi connectivity index (χ3n) is 8.58. The monoisotopic (exact) mass is 878 g/mol. The highest BCUT2D eigenvalue weighted by molar-refractivity contribution is 9.11. The standard InChI is InChI=1S/C37H38Br4O5/c1-22-31(38)14-25(15-32(22)39)37(4,5)26-16-33(40)35(34(41)17-26)46-19-27(42)18-43-28-10-6-23(7-11-28)36(2,3)24-8-12-29(13-9-24)44-20-30-21-45-30/h6-17,27,30,42H,18-21H2,1-5H3. The normalized spacial score (nSPS) is 15.4. The number of epoxide rings is 1. The van der Waals surface area contributed by atoms with Gasteiger partial charge in [0.25, 0.3) is 0 Å². The summed E-state index contributed by atoms with van der Waals surface area (Å²) in [6, 6.07) is 24.7. The second kappa shape index (κ2) is 14.7. The Kier molecular flexibility index (Phi) is 11.3. The van der Waals surface area contributed by atoms with Crippen LogP contribution in [-0.4, -0.2) is 43.7 Å². The molecule has 0 amide bonds. The van der Waals surface area contributed by atoms with Crippen LogP contribution in [-0.2, 0) is 15.6 Å². The first-order chi connectivity index (χ1) is 21.8. The zero-order valence-corrected chi connectivity index (χ0v) is 32.8. The van der Waals surface area contributed by atoms with Gasteiger partial charge in [-0.15, -0.1) is 0 Å². The zero-order chi connectivity index (χ0) is 33.2. The van der Waals surface area contributed by atoms with Gasteiger partial charge in [0.1, 0.15) is 49.3 Å². The molecule has 0 aliphatic carbocycles. The zero-order valence-electron chi connectivity index (χ0n) is 26.5. The van der Waals surface area contributed by atoms with Crippen molar-refractivity contribution < 1.29 is 24.1 Å². The van der Waals surface area contributed by atoms with Crippen LogP contribution in [0.15, 0.2) is 90.7 Å². The van der Waals surface area contributed by atoms with E-state index in [0.29, 0.717) is 18.1 Å². The van der Waals surface area contributed by atoms with E-state index in [2.05, 4.69) is 147 Å². The Morgan fingerprint density at radius 1 is 0.674 bits per heavy atom. The Labute approximate surface area is 305 Å². The number of ether oxygens (including phenoxy) is 4.